The van der Waals surface area contributed by atoms with Crippen molar-refractivity contribution >= 4 is 11.8 Å². The Morgan fingerprint density at radius 1 is 1.38 bits per heavy atom. The third kappa shape index (κ3) is 5.45. The van der Waals surface area contributed by atoms with E-state index in [1.165, 1.54) is 0 Å². The molecule has 2 amide bonds. The molecular weight excluding hydrogens is 320 g/mol. The highest BCUT2D eigenvalue weighted by Crippen LogP contribution is 2.25. The van der Waals surface area contributed by atoms with Crippen LogP contribution in [0.1, 0.15) is 18.9 Å². The number of ether oxygens (including phenoxy) is 1. The summed E-state index contributed by atoms with van der Waals surface area (Å²) in [6, 6.07) is 6.02. The van der Waals surface area contributed by atoms with E-state index in [-0.39, 0.29) is 19.1 Å². The van der Waals surface area contributed by atoms with Crippen LogP contribution in [0.2, 0.25) is 0 Å². The SMILES string of the molecule is CCNC(=O)COc1cccc(CNC(=O)C2CC(F)(F)CN2)c1. The summed E-state index contributed by atoms with van der Waals surface area (Å²) in [5.41, 5.74) is 0.751. The normalized spacial score (nSPS) is 18.9. The van der Waals surface area contributed by atoms with Crippen LogP contribution >= 0.6 is 0 Å². The lowest BCUT2D eigenvalue weighted by molar-refractivity contribution is -0.124. The van der Waals surface area contributed by atoms with Crippen molar-refractivity contribution in [1.82, 2.24) is 16.0 Å². The first-order chi connectivity index (χ1) is 11.4. The van der Waals surface area contributed by atoms with Crippen LogP contribution in [0.25, 0.3) is 0 Å². The Morgan fingerprint density at radius 3 is 2.83 bits per heavy atom. The lowest BCUT2D eigenvalue weighted by atomic mass is 10.1. The van der Waals surface area contributed by atoms with Crippen molar-refractivity contribution in [1.29, 1.82) is 0 Å². The monoisotopic (exact) mass is 341 g/mol. The fraction of sp³-hybridized carbons (Fsp3) is 0.500. The van der Waals surface area contributed by atoms with E-state index in [0.29, 0.717) is 12.3 Å². The minimum Gasteiger partial charge on any atom is -0.484 e. The maximum atomic E-state index is 13.1. The number of amides is 2. The molecule has 0 saturated carbocycles. The Morgan fingerprint density at radius 2 is 2.17 bits per heavy atom. The maximum Gasteiger partial charge on any atom is 0.262 e. The molecule has 2 rings (SSSR count). The molecular formula is C16H21F2N3O3. The number of halogens is 2. The largest absolute Gasteiger partial charge is 0.484 e. The Labute approximate surface area is 138 Å². The van der Waals surface area contributed by atoms with Gasteiger partial charge in [-0.3, -0.25) is 14.9 Å². The molecule has 1 unspecified atom stereocenters. The van der Waals surface area contributed by atoms with E-state index >= 15 is 0 Å². The van der Waals surface area contributed by atoms with Gasteiger partial charge in [0.2, 0.25) is 5.91 Å². The molecule has 1 saturated heterocycles. The van der Waals surface area contributed by atoms with Gasteiger partial charge in [0.25, 0.3) is 11.8 Å². The predicted octanol–water partition coefficient (Wildman–Crippen LogP) is 0.815. The van der Waals surface area contributed by atoms with Gasteiger partial charge in [0.1, 0.15) is 5.75 Å². The summed E-state index contributed by atoms with van der Waals surface area (Å²) in [6.45, 7) is 1.97. The van der Waals surface area contributed by atoms with E-state index in [9.17, 15) is 18.4 Å². The Hall–Kier alpha value is -2.22. The van der Waals surface area contributed by atoms with E-state index in [2.05, 4.69) is 16.0 Å². The molecule has 1 aromatic rings. The molecule has 24 heavy (non-hydrogen) atoms. The molecule has 0 aromatic heterocycles. The van der Waals surface area contributed by atoms with Gasteiger partial charge in [0.05, 0.1) is 12.6 Å². The van der Waals surface area contributed by atoms with Crippen LogP contribution in [-0.4, -0.2) is 43.5 Å². The zero-order chi connectivity index (χ0) is 17.6. The van der Waals surface area contributed by atoms with Gasteiger partial charge in [-0.1, -0.05) is 12.1 Å². The number of hydrogen-bond donors (Lipinski definition) is 3. The number of likely N-dealkylation sites (N-methyl/N-ethyl adjacent to an activating group) is 1. The molecule has 1 heterocycles. The van der Waals surface area contributed by atoms with Gasteiger partial charge >= 0.3 is 0 Å². The van der Waals surface area contributed by atoms with Gasteiger partial charge in [0.15, 0.2) is 6.61 Å². The molecule has 0 aliphatic carbocycles. The second-order valence-corrected chi connectivity index (χ2v) is 5.60. The molecule has 1 fully saturated rings. The minimum atomic E-state index is -2.84. The smallest absolute Gasteiger partial charge is 0.262 e. The van der Waals surface area contributed by atoms with Crippen molar-refractivity contribution in [3.8, 4) is 5.75 Å². The second kappa shape index (κ2) is 8.05. The first-order valence-electron chi connectivity index (χ1n) is 7.77. The molecule has 132 valence electrons. The van der Waals surface area contributed by atoms with Crippen molar-refractivity contribution < 1.29 is 23.1 Å². The molecule has 1 aliphatic heterocycles. The average molecular weight is 341 g/mol. The van der Waals surface area contributed by atoms with Crippen molar-refractivity contribution in [3.63, 3.8) is 0 Å². The third-order valence-electron chi connectivity index (χ3n) is 3.54. The first-order valence-corrected chi connectivity index (χ1v) is 7.77. The van der Waals surface area contributed by atoms with Crippen LogP contribution < -0.4 is 20.7 Å². The quantitative estimate of drug-likeness (QED) is 0.686. The summed E-state index contributed by atoms with van der Waals surface area (Å²) < 4.78 is 31.5. The number of carbonyl (C=O) groups excluding carboxylic acids is 2. The summed E-state index contributed by atoms with van der Waals surface area (Å²) in [5, 5.41) is 7.75. The standard InChI is InChI=1S/C16H21F2N3O3/c1-2-19-14(22)9-24-12-5-3-4-11(6-12)8-20-15(23)13-7-16(17,18)10-21-13/h3-6,13,21H,2,7-10H2,1H3,(H,19,22)(H,20,23). The van der Waals surface area contributed by atoms with E-state index in [0.717, 1.165) is 5.56 Å². The topological polar surface area (TPSA) is 79.5 Å². The molecule has 8 heteroatoms. The molecule has 3 N–H and O–H groups in total. The summed E-state index contributed by atoms with van der Waals surface area (Å²) in [7, 11) is 0. The Bertz CT molecular complexity index is 596. The predicted molar refractivity (Wildman–Crippen MR) is 83.8 cm³/mol. The van der Waals surface area contributed by atoms with Crippen LogP contribution in [0, 0.1) is 0 Å². The lowest BCUT2D eigenvalue weighted by Gasteiger charge is -2.12. The van der Waals surface area contributed by atoms with Crippen molar-refractivity contribution in [3.05, 3.63) is 29.8 Å². The van der Waals surface area contributed by atoms with Crippen LogP contribution in [0.4, 0.5) is 8.78 Å². The lowest BCUT2D eigenvalue weighted by Crippen LogP contribution is -2.40. The van der Waals surface area contributed by atoms with Gasteiger partial charge in [0, 0.05) is 19.5 Å². The summed E-state index contributed by atoms with van der Waals surface area (Å²) >= 11 is 0. The van der Waals surface area contributed by atoms with Gasteiger partial charge in [-0.25, -0.2) is 8.78 Å². The molecule has 1 aromatic carbocycles. The van der Waals surface area contributed by atoms with Gasteiger partial charge in [-0.15, -0.1) is 0 Å². The van der Waals surface area contributed by atoms with E-state index in [1.807, 2.05) is 6.92 Å². The van der Waals surface area contributed by atoms with Crippen LogP contribution in [0.5, 0.6) is 5.75 Å². The fourth-order valence-corrected chi connectivity index (χ4v) is 2.36. The summed E-state index contributed by atoms with van der Waals surface area (Å²) in [4.78, 5) is 23.2. The zero-order valence-corrected chi connectivity index (χ0v) is 13.4. The van der Waals surface area contributed by atoms with Crippen molar-refractivity contribution in [2.75, 3.05) is 19.7 Å². The van der Waals surface area contributed by atoms with E-state index in [1.54, 1.807) is 24.3 Å². The Kier molecular flexibility index (Phi) is 6.08. The Balaban J connectivity index is 1.81. The zero-order valence-electron chi connectivity index (χ0n) is 13.4. The summed E-state index contributed by atoms with van der Waals surface area (Å²) in [6.07, 6.45) is -0.492. The van der Waals surface area contributed by atoms with Gasteiger partial charge < -0.3 is 15.4 Å². The second-order valence-electron chi connectivity index (χ2n) is 5.60. The number of alkyl halides is 2. The number of nitrogens with one attached hydrogen (secondary N) is 3. The highest BCUT2D eigenvalue weighted by molar-refractivity contribution is 5.82. The number of hydrogen-bond acceptors (Lipinski definition) is 4. The molecule has 6 nitrogen and oxygen atoms in total. The van der Waals surface area contributed by atoms with Gasteiger partial charge in [-0.05, 0) is 24.6 Å². The van der Waals surface area contributed by atoms with Crippen molar-refractivity contribution in [2.45, 2.75) is 31.9 Å². The number of carbonyl (C=O) groups is 2. The average Bonchev–Trinajstić information content (AvgIpc) is 2.91. The van der Waals surface area contributed by atoms with Crippen molar-refractivity contribution in [2.24, 2.45) is 0 Å². The number of rotatable bonds is 7. The molecule has 0 spiro atoms. The molecule has 0 bridgehead atoms. The van der Waals surface area contributed by atoms with E-state index < -0.39 is 30.8 Å². The fourth-order valence-electron chi connectivity index (χ4n) is 2.36. The number of benzene rings is 1. The highest BCUT2D eigenvalue weighted by atomic mass is 19.3. The van der Waals surface area contributed by atoms with Gasteiger partial charge in [-0.2, -0.15) is 0 Å². The van der Waals surface area contributed by atoms with Crippen LogP contribution in [-0.2, 0) is 16.1 Å². The van der Waals surface area contributed by atoms with E-state index in [4.69, 9.17) is 4.74 Å². The minimum absolute atomic E-state index is 0.0925. The molecule has 1 atom stereocenters. The summed E-state index contributed by atoms with van der Waals surface area (Å²) in [5.74, 6) is -3.02. The molecule has 0 radical (unpaired) electrons. The van der Waals surface area contributed by atoms with Crippen LogP contribution in [0.15, 0.2) is 24.3 Å². The first kappa shape index (κ1) is 18.1. The highest BCUT2D eigenvalue weighted by Gasteiger charge is 2.42. The maximum absolute atomic E-state index is 13.1. The third-order valence-corrected chi connectivity index (χ3v) is 3.54. The molecule has 1 aliphatic rings. The van der Waals surface area contributed by atoms with Crippen LogP contribution in [0.3, 0.4) is 0 Å².